The fourth-order valence-electron chi connectivity index (χ4n) is 2.70. The summed E-state index contributed by atoms with van der Waals surface area (Å²) in [6.07, 6.45) is 5.73. The molecule has 0 heterocycles. The highest BCUT2D eigenvalue weighted by atomic mass is 127. The molecule has 1 aliphatic carbocycles. The van der Waals surface area contributed by atoms with Crippen molar-refractivity contribution in [2.75, 3.05) is 19.3 Å². The second-order valence-electron chi connectivity index (χ2n) is 8.50. The van der Waals surface area contributed by atoms with E-state index >= 15 is 0 Å². The lowest BCUT2D eigenvalue weighted by Gasteiger charge is -2.31. The third kappa shape index (κ3) is 11.9. The molecule has 1 aliphatic rings. The lowest BCUT2D eigenvalue weighted by Crippen LogP contribution is -2.48. The summed E-state index contributed by atoms with van der Waals surface area (Å²) in [5.74, 6) is 0.887. The van der Waals surface area contributed by atoms with Crippen molar-refractivity contribution in [3.8, 4) is 0 Å². The Kier molecular flexibility index (Phi) is 12.1. The molecule has 3 N–H and O–H groups in total. The number of carbonyl (C=O) groups excluding carboxylic acids is 1. The van der Waals surface area contributed by atoms with Crippen LogP contribution in [0.15, 0.2) is 4.99 Å². The molecule has 0 aromatic carbocycles. The fraction of sp³-hybridized carbons (Fsp3) is 0.895. The summed E-state index contributed by atoms with van der Waals surface area (Å²) in [5.41, 5.74) is -0.454. The maximum atomic E-state index is 11.9. The molecule has 0 atom stereocenters. The van der Waals surface area contributed by atoms with Crippen molar-refractivity contribution in [2.24, 2.45) is 4.99 Å². The van der Waals surface area contributed by atoms with Gasteiger partial charge in [-0.15, -0.1) is 24.0 Å². The van der Waals surface area contributed by atoms with Gasteiger partial charge in [0.15, 0.2) is 5.96 Å². The molecular weight excluding hydrogens is 475 g/mol. The Bertz CT molecular complexity index is 473. The SMILES string of the molecule is CCNC(=NCC(C)(C)SC)NC1CCC(NC(=O)OC(C)(C)C)CC1.I. The van der Waals surface area contributed by atoms with Crippen LogP contribution in [-0.2, 0) is 4.74 Å². The standard InChI is InChI=1S/C19H38N4O2S.HI/c1-8-20-16(21-13-19(5,6)26-7)22-14-9-11-15(12-10-14)23-17(24)25-18(2,3)4;/h14-15H,8-13H2,1-7H3,(H,23,24)(H2,20,21,22);1H. The third-order valence-electron chi connectivity index (χ3n) is 4.30. The van der Waals surface area contributed by atoms with Gasteiger partial charge in [-0.3, -0.25) is 4.99 Å². The summed E-state index contributed by atoms with van der Waals surface area (Å²) < 4.78 is 5.48. The summed E-state index contributed by atoms with van der Waals surface area (Å²) in [7, 11) is 0. The number of hydrogen-bond acceptors (Lipinski definition) is 4. The number of amides is 1. The summed E-state index contributed by atoms with van der Waals surface area (Å²) in [4.78, 5) is 16.6. The number of hydrogen-bond donors (Lipinski definition) is 3. The number of guanidine groups is 1. The number of aliphatic imine (C=N–C) groups is 1. The molecule has 0 spiro atoms. The van der Waals surface area contributed by atoms with Gasteiger partial charge in [0.1, 0.15) is 5.60 Å². The first kappa shape index (κ1) is 26.6. The van der Waals surface area contributed by atoms with E-state index in [0.29, 0.717) is 6.04 Å². The topological polar surface area (TPSA) is 74.8 Å². The Morgan fingerprint density at radius 3 is 2.04 bits per heavy atom. The van der Waals surface area contributed by atoms with Crippen molar-refractivity contribution >= 4 is 47.8 Å². The van der Waals surface area contributed by atoms with Crippen molar-refractivity contribution in [3.05, 3.63) is 0 Å². The molecule has 6 nitrogen and oxygen atoms in total. The van der Waals surface area contributed by atoms with E-state index in [4.69, 9.17) is 9.73 Å². The lowest BCUT2D eigenvalue weighted by atomic mass is 9.91. The number of nitrogens with one attached hydrogen (secondary N) is 3. The second kappa shape index (κ2) is 12.2. The highest BCUT2D eigenvalue weighted by molar-refractivity contribution is 14.0. The first-order chi connectivity index (χ1) is 12.0. The summed E-state index contributed by atoms with van der Waals surface area (Å²) >= 11 is 1.83. The molecule has 0 saturated heterocycles. The molecule has 0 aliphatic heterocycles. The van der Waals surface area contributed by atoms with E-state index in [2.05, 4.69) is 43.0 Å². The number of carbonyl (C=O) groups is 1. The highest BCUT2D eigenvalue weighted by Gasteiger charge is 2.25. The highest BCUT2D eigenvalue weighted by Crippen LogP contribution is 2.22. The maximum Gasteiger partial charge on any atom is 0.407 e. The first-order valence-corrected chi connectivity index (χ1v) is 10.9. The number of nitrogens with zero attached hydrogens (tertiary/aromatic N) is 1. The zero-order valence-corrected chi connectivity index (χ0v) is 21.1. The van der Waals surface area contributed by atoms with Crippen LogP contribution in [-0.4, -0.2) is 53.8 Å². The molecule has 1 fully saturated rings. The smallest absolute Gasteiger partial charge is 0.407 e. The Balaban J connectivity index is 0.00000676. The minimum absolute atomic E-state index is 0. The molecule has 0 aromatic heterocycles. The van der Waals surface area contributed by atoms with Crippen LogP contribution in [0.4, 0.5) is 4.79 Å². The summed E-state index contributed by atoms with van der Waals surface area (Å²) in [6, 6.07) is 0.583. The molecule has 160 valence electrons. The number of ether oxygens (including phenoxy) is 1. The summed E-state index contributed by atoms with van der Waals surface area (Å²) in [6.45, 7) is 13.8. The largest absolute Gasteiger partial charge is 0.444 e. The van der Waals surface area contributed by atoms with Crippen LogP contribution in [0.3, 0.4) is 0 Å². The summed E-state index contributed by atoms with van der Waals surface area (Å²) in [5, 5.41) is 9.88. The van der Waals surface area contributed by atoms with E-state index in [1.54, 1.807) is 0 Å². The van der Waals surface area contributed by atoms with Gasteiger partial charge in [-0.2, -0.15) is 11.8 Å². The fourth-order valence-corrected chi connectivity index (χ4v) is 2.90. The van der Waals surface area contributed by atoms with E-state index < -0.39 is 5.60 Å². The average Bonchev–Trinajstić information content (AvgIpc) is 2.53. The maximum absolute atomic E-state index is 11.9. The van der Waals surface area contributed by atoms with E-state index in [9.17, 15) is 4.79 Å². The normalized spacial score (nSPS) is 21.1. The van der Waals surface area contributed by atoms with E-state index in [0.717, 1.165) is 44.7 Å². The minimum Gasteiger partial charge on any atom is -0.444 e. The van der Waals surface area contributed by atoms with Gasteiger partial charge < -0.3 is 20.7 Å². The van der Waals surface area contributed by atoms with Gasteiger partial charge in [-0.1, -0.05) is 0 Å². The molecule has 0 radical (unpaired) electrons. The van der Waals surface area contributed by atoms with Gasteiger partial charge in [0.25, 0.3) is 0 Å². The van der Waals surface area contributed by atoms with E-state index in [-0.39, 0.29) is 40.9 Å². The Morgan fingerprint density at radius 2 is 1.59 bits per heavy atom. The van der Waals surface area contributed by atoms with Crippen molar-refractivity contribution < 1.29 is 9.53 Å². The predicted octanol–water partition coefficient (Wildman–Crippen LogP) is 4.14. The number of alkyl carbamates (subject to hydrolysis) is 1. The Morgan fingerprint density at radius 1 is 1.07 bits per heavy atom. The molecular formula is C19H39IN4O2S. The first-order valence-electron chi connectivity index (χ1n) is 9.64. The number of rotatable bonds is 6. The molecule has 0 unspecified atom stereocenters. The van der Waals surface area contributed by atoms with Crippen LogP contribution in [0.25, 0.3) is 0 Å². The molecule has 8 heteroatoms. The predicted molar refractivity (Wildman–Crippen MR) is 128 cm³/mol. The molecule has 0 bridgehead atoms. The minimum atomic E-state index is -0.454. The quantitative estimate of drug-likeness (QED) is 0.282. The zero-order chi connectivity index (χ0) is 19.8. The van der Waals surface area contributed by atoms with Crippen LogP contribution in [0, 0.1) is 0 Å². The van der Waals surface area contributed by atoms with Crippen LogP contribution in [0.1, 0.15) is 67.2 Å². The Labute approximate surface area is 186 Å². The molecule has 1 saturated carbocycles. The van der Waals surface area contributed by atoms with Crippen molar-refractivity contribution in [2.45, 2.75) is 89.7 Å². The van der Waals surface area contributed by atoms with Gasteiger partial charge in [0.2, 0.25) is 0 Å². The third-order valence-corrected chi connectivity index (χ3v) is 5.54. The van der Waals surface area contributed by atoms with Crippen LogP contribution < -0.4 is 16.0 Å². The van der Waals surface area contributed by atoms with E-state index in [1.165, 1.54) is 0 Å². The Hall–Kier alpha value is -0.380. The van der Waals surface area contributed by atoms with Crippen molar-refractivity contribution in [1.82, 2.24) is 16.0 Å². The van der Waals surface area contributed by atoms with E-state index in [1.807, 2.05) is 32.5 Å². The van der Waals surface area contributed by atoms with Crippen molar-refractivity contribution in [3.63, 3.8) is 0 Å². The van der Waals surface area contributed by atoms with Crippen LogP contribution in [0.2, 0.25) is 0 Å². The molecule has 0 aromatic rings. The van der Waals surface area contributed by atoms with Gasteiger partial charge >= 0.3 is 6.09 Å². The average molecular weight is 515 g/mol. The molecule has 1 rings (SSSR count). The van der Waals surface area contributed by atoms with Gasteiger partial charge in [-0.05, 0) is 73.5 Å². The van der Waals surface area contributed by atoms with Gasteiger partial charge in [-0.25, -0.2) is 4.79 Å². The van der Waals surface area contributed by atoms with Crippen LogP contribution in [0.5, 0.6) is 0 Å². The zero-order valence-electron chi connectivity index (χ0n) is 18.0. The van der Waals surface area contributed by atoms with Gasteiger partial charge in [0.05, 0.1) is 6.54 Å². The lowest BCUT2D eigenvalue weighted by molar-refractivity contribution is 0.0490. The van der Waals surface area contributed by atoms with Crippen molar-refractivity contribution in [1.29, 1.82) is 0 Å². The monoisotopic (exact) mass is 514 g/mol. The van der Waals surface area contributed by atoms with Crippen LogP contribution >= 0.6 is 35.7 Å². The van der Waals surface area contributed by atoms with Gasteiger partial charge in [0, 0.05) is 23.4 Å². The number of thioether (sulfide) groups is 1. The second-order valence-corrected chi connectivity index (χ2v) is 10.0. The number of halogens is 1. The molecule has 27 heavy (non-hydrogen) atoms. The molecule has 1 amide bonds.